The molecule has 0 fully saturated rings. The fourth-order valence-electron chi connectivity index (χ4n) is 1.40. The lowest BCUT2D eigenvalue weighted by Gasteiger charge is -2.14. The lowest BCUT2D eigenvalue weighted by atomic mass is 10.2. The van der Waals surface area contributed by atoms with E-state index < -0.39 is 26.9 Å². The second-order valence-electron chi connectivity index (χ2n) is 3.75. The van der Waals surface area contributed by atoms with Gasteiger partial charge in [-0.1, -0.05) is 18.3 Å². The molecule has 0 aromatic carbocycles. The fourth-order valence-corrected chi connectivity index (χ4v) is 4.04. The Kier molecular flexibility index (Phi) is 4.65. The van der Waals surface area contributed by atoms with Crippen LogP contribution in [0.15, 0.2) is 9.00 Å². The summed E-state index contributed by atoms with van der Waals surface area (Å²) < 4.78 is 26.1. The molecule has 0 saturated carbocycles. The summed E-state index contributed by atoms with van der Waals surface area (Å²) in [5.41, 5.74) is 0.252. The molecule has 0 saturated heterocycles. The van der Waals surface area contributed by atoms with Crippen molar-refractivity contribution in [2.75, 3.05) is 0 Å². The van der Waals surface area contributed by atoms with Crippen LogP contribution in [0.1, 0.15) is 25.5 Å². The Morgan fingerprint density at radius 1 is 1.56 bits per heavy atom. The number of nitrogens with one attached hydrogen (secondary N) is 2. The summed E-state index contributed by atoms with van der Waals surface area (Å²) in [4.78, 5) is 23.6. The van der Waals surface area contributed by atoms with Crippen molar-refractivity contribution in [1.82, 2.24) is 9.71 Å². The van der Waals surface area contributed by atoms with Gasteiger partial charge in [0.15, 0.2) is 4.21 Å². The standard InChI is InChI=1S/C9H14N2O5S2/c1-3-6(4-7(12)13)11-18(15,16)8-5(2)10-9(14)17-8/h6,11H,3-4H2,1-2H3,(H,10,14)(H,12,13). The van der Waals surface area contributed by atoms with Gasteiger partial charge in [-0.25, -0.2) is 13.1 Å². The quantitative estimate of drug-likeness (QED) is 0.696. The number of carbonyl (C=O) groups is 1. The third-order valence-corrected chi connectivity index (χ3v) is 5.39. The van der Waals surface area contributed by atoms with Gasteiger partial charge in [0.2, 0.25) is 0 Å². The third-order valence-electron chi connectivity index (χ3n) is 2.26. The number of carboxylic acid groups (broad SMARTS) is 1. The molecule has 0 radical (unpaired) electrons. The molecule has 0 aliphatic rings. The molecular formula is C9H14N2O5S2. The summed E-state index contributed by atoms with van der Waals surface area (Å²) in [6.45, 7) is 3.16. The van der Waals surface area contributed by atoms with Crippen molar-refractivity contribution in [3.05, 3.63) is 15.4 Å². The van der Waals surface area contributed by atoms with Crippen LogP contribution in [0.5, 0.6) is 0 Å². The fraction of sp³-hybridized carbons (Fsp3) is 0.556. The number of aromatic amines is 1. The van der Waals surface area contributed by atoms with Crippen molar-refractivity contribution in [2.24, 2.45) is 0 Å². The van der Waals surface area contributed by atoms with Crippen LogP contribution in [-0.2, 0) is 14.8 Å². The minimum absolute atomic E-state index is 0.101. The molecule has 9 heteroatoms. The topological polar surface area (TPSA) is 116 Å². The van der Waals surface area contributed by atoms with Crippen LogP contribution in [0, 0.1) is 6.92 Å². The van der Waals surface area contributed by atoms with Crippen molar-refractivity contribution < 1.29 is 18.3 Å². The Morgan fingerprint density at radius 2 is 2.17 bits per heavy atom. The van der Waals surface area contributed by atoms with Crippen LogP contribution in [0.4, 0.5) is 0 Å². The number of thiazole rings is 1. The maximum atomic E-state index is 12.0. The first-order valence-corrected chi connectivity index (χ1v) is 7.50. The van der Waals surface area contributed by atoms with Crippen LogP contribution in [0.3, 0.4) is 0 Å². The van der Waals surface area contributed by atoms with Crippen LogP contribution in [0.25, 0.3) is 0 Å². The summed E-state index contributed by atoms with van der Waals surface area (Å²) in [5, 5.41) is 8.65. The minimum Gasteiger partial charge on any atom is -0.481 e. The summed E-state index contributed by atoms with van der Waals surface area (Å²) in [7, 11) is -3.85. The molecule has 1 unspecified atom stereocenters. The van der Waals surface area contributed by atoms with E-state index in [-0.39, 0.29) is 16.3 Å². The van der Waals surface area contributed by atoms with E-state index in [0.29, 0.717) is 17.8 Å². The highest BCUT2D eigenvalue weighted by atomic mass is 32.2. The summed E-state index contributed by atoms with van der Waals surface area (Å²) in [6, 6.07) is -0.691. The first-order valence-electron chi connectivity index (χ1n) is 5.20. The Hall–Kier alpha value is -1.19. The molecule has 0 aliphatic carbocycles. The second kappa shape index (κ2) is 5.63. The van der Waals surface area contributed by atoms with E-state index in [2.05, 4.69) is 9.71 Å². The highest BCUT2D eigenvalue weighted by Crippen LogP contribution is 2.16. The molecule has 1 atom stereocenters. The van der Waals surface area contributed by atoms with Crippen LogP contribution < -0.4 is 9.60 Å². The molecule has 3 N–H and O–H groups in total. The van der Waals surface area contributed by atoms with Gasteiger partial charge in [0.05, 0.1) is 6.42 Å². The first kappa shape index (κ1) is 14.9. The van der Waals surface area contributed by atoms with Crippen molar-refractivity contribution in [1.29, 1.82) is 0 Å². The second-order valence-corrected chi connectivity index (χ2v) is 6.64. The van der Waals surface area contributed by atoms with Gasteiger partial charge < -0.3 is 10.1 Å². The molecule has 1 aromatic rings. The van der Waals surface area contributed by atoms with Crippen molar-refractivity contribution >= 4 is 27.3 Å². The Bertz CT molecular complexity index is 586. The first-order chi connectivity index (χ1) is 8.26. The van der Waals surface area contributed by atoms with E-state index >= 15 is 0 Å². The van der Waals surface area contributed by atoms with Crippen LogP contribution >= 0.6 is 11.3 Å². The van der Waals surface area contributed by atoms with Crippen LogP contribution in [-0.4, -0.2) is 30.5 Å². The van der Waals surface area contributed by atoms with Gasteiger partial charge in [-0.2, -0.15) is 0 Å². The van der Waals surface area contributed by atoms with E-state index in [4.69, 9.17) is 5.11 Å². The number of aryl methyl sites for hydroxylation is 1. The highest BCUT2D eigenvalue weighted by Gasteiger charge is 2.24. The SMILES string of the molecule is CCC(CC(=O)O)NS(=O)(=O)c1sc(=O)[nH]c1C. The third kappa shape index (κ3) is 3.65. The Labute approximate surface area is 108 Å². The maximum absolute atomic E-state index is 12.0. The normalized spacial score (nSPS) is 13.4. The number of carboxylic acids is 1. The van der Waals surface area contributed by atoms with Crippen molar-refractivity contribution in [3.63, 3.8) is 0 Å². The maximum Gasteiger partial charge on any atom is 0.305 e. The van der Waals surface area contributed by atoms with Crippen molar-refractivity contribution in [3.8, 4) is 0 Å². The number of hydrogen-bond acceptors (Lipinski definition) is 5. The molecule has 1 rings (SSSR count). The molecule has 0 spiro atoms. The Balaban J connectivity index is 2.97. The van der Waals surface area contributed by atoms with Gasteiger partial charge in [0.1, 0.15) is 0 Å². The zero-order valence-electron chi connectivity index (χ0n) is 9.89. The lowest BCUT2D eigenvalue weighted by Crippen LogP contribution is -2.35. The smallest absolute Gasteiger partial charge is 0.305 e. The van der Waals surface area contributed by atoms with E-state index in [0.717, 1.165) is 0 Å². The molecule has 7 nitrogen and oxygen atoms in total. The summed E-state index contributed by atoms with van der Waals surface area (Å²) >= 11 is 0.584. The van der Waals surface area contributed by atoms with E-state index in [1.165, 1.54) is 6.92 Å². The lowest BCUT2D eigenvalue weighted by molar-refractivity contribution is -0.137. The zero-order valence-corrected chi connectivity index (χ0v) is 11.5. The van der Waals surface area contributed by atoms with Crippen molar-refractivity contribution in [2.45, 2.75) is 36.9 Å². The number of sulfonamides is 1. The minimum atomic E-state index is -3.85. The van der Waals surface area contributed by atoms with Gasteiger partial charge in [-0.3, -0.25) is 9.59 Å². The van der Waals surface area contributed by atoms with Crippen LogP contribution in [0.2, 0.25) is 0 Å². The molecule has 18 heavy (non-hydrogen) atoms. The molecule has 0 aliphatic heterocycles. The molecular weight excluding hydrogens is 280 g/mol. The molecule has 0 amide bonds. The van der Waals surface area contributed by atoms with Gasteiger partial charge in [0.25, 0.3) is 10.0 Å². The van der Waals surface area contributed by atoms with Gasteiger partial charge in [-0.15, -0.1) is 0 Å². The van der Waals surface area contributed by atoms with Gasteiger partial charge in [-0.05, 0) is 13.3 Å². The predicted molar refractivity (Wildman–Crippen MR) is 66.3 cm³/mol. The predicted octanol–water partition coefficient (Wildman–Crippen LogP) is 0.276. The van der Waals surface area contributed by atoms with E-state index in [9.17, 15) is 18.0 Å². The number of rotatable bonds is 6. The average Bonchev–Trinajstić information content (AvgIpc) is 2.56. The molecule has 1 heterocycles. The number of H-pyrrole nitrogens is 1. The number of aromatic nitrogens is 1. The zero-order chi connectivity index (χ0) is 13.9. The molecule has 102 valence electrons. The molecule has 0 bridgehead atoms. The van der Waals surface area contributed by atoms with Gasteiger partial charge >= 0.3 is 10.8 Å². The average molecular weight is 294 g/mol. The summed E-state index contributed by atoms with van der Waals surface area (Å²) in [5.74, 6) is -1.08. The van der Waals surface area contributed by atoms with E-state index in [1.807, 2.05) is 0 Å². The number of aliphatic carboxylic acids is 1. The highest BCUT2D eigenvalue weighted by molar-refractivity contribution is 7.91. The summed E-state index contributed by atoms with van der Waals surface area (Å²) in [6.07, 6.45) is 0.0536. The largest absolute Gasteiger partial charge is 0.481 e. The molecule has 1 aromatic heterocycles. The van der Waals surface area contributed by atoms with E-state index in [1.54, 1.807) is 6.92 Å². The Morgan fingerprint density at radius 3 is 2.56 bits per heavy atom. The monoisotopic (exact) mass is 294 g/mol. The van der Waals surface area contributed by atoms with Gasteiger partial charge in [0, 0.05) is 11.7 Å². The number of hydrogen-bond donors (Lipinski definition) is 3.